The van der Waals surface area contributed by atoms with Crippen LogP contribution in [0.25, 0.3) is 0 Å². The van der Waals surface area contributed by atoms with Gasteiger partial charge in [-0.25, -0.2) is 0 Å². The van der Waals surface area contributed by atoms with Gasteiger partial charge in [-0.3, -0.25) is 4.79 Å². The van der Waals surface area contributed by atoms with Gasteiger partial charge < -0.3 is 24.1 Å². The number of methoxy groups -OCH3 is 2. The van der Waals surface area contributed by atoms with Crippen LogP contribution in [-0.2, 0) is 20.7 Å². The molecule has 2 aliphatic rings. The first kappa shape index (κ1) is 16.1. The first-order valence-corrected chi connectivity index (χ1v) is 7.79. The van der Waals surface area contributed by atoms with Gasteiger partial charge in [-0.2, -0.15) is 0 Å². The highest BCUT2D eigenvalue weighted by molar-refractivity contribution is 5.78. The monoisotopic (exact) mass is 322 g/mol. The Balaban J connectivity index is 2.16. The molecule has 0 unspecified atom stereocenters. The van der Waals surface area contributed by atoms with Crippen molar-refractivity contribution in [2.24, 2.45) is 11.8 Å². The van der Waals surface area contributed by atoms with Gasteiger partial charge in [0.05, 0.1) is 32.7 Å². The summed E-state index contributed by atoms with van der Waals surface area (Å²) in [4.78, 5) is 12.3. The second kappa shape index (κ2) is 5.69. The minimum atomic E-state index is -1.93. The Morgan fingerprint density at radius 3 is 2.57 bits per heavy atom. The Kier molecular flexibility index (Phi) is 3.98. The summed E-state index contributed by atoms with van der Waals surface area (Å²) in [5.74, 6) is -2.14. The standard InChI is InChI=1S/C17H22O6/c1-5-22-17(19)15-11-8-13(21-4)12(20-3)7-10(11)6-9(2)14(15)16(18)23-17/h7-9,14-15,19H,5-6H2,1-4H3/t9-,14-,15-,17-/m0/s1. The zero-order valence-corrected chi connectivity index (χ0v) is 13.8. The quantitative estimate of drug-likeness (QED) is 0.673. The minimum absolute atomic E-state index is 0.0348. The molecule has 1 aromatic rings. The van der Waals surface area contributed by atoms with E-state index >= 15 is 0 Å². The van der Waals surface area contributed by atoms with Crippen molar-refractivity contribution < 1.29 is 28.8 Å². The van der Waals surface area contributed by atoms with Crippen molar-refractivity contribution in [2.75, 3.05) is 20.8 Å². The van der Waals surface area contributed by atoms with Crippen molar-refractivity contribution in [1.29, 1.82) is 0 Å². The van der Waals surface area contributed by atoms with E-state index in [0.29, 0.717) is 17.9 Å². The summed E-state index contributed by atoms with van der Waals surface area (Å²) in [6.07, 6.45) is 0.703. The molecule has 4 atom stereocenters. The van der Waals surface area contributed by atoms with Crippen molar-refractivity contribution in [3.8, 4) is 11.5 Å². The number of carbonyl (C=O) groups is 1. The highest BCUT2D eigenvalue weighted by atomic mass is 16.8. The Labute approximate surface area is 135 Å². The van der Waals surface area contributed by atoms with Gasteiger partial charge in [-0.1, -0.05) is 6.92 Å². The minimum Gasteiger partial charge on any atom is -0.493 e. The van der Waals surface area contributed by atoms with Gasteiger partial charge >= 0.3 is 11.9 Å². The van der Waals surface area contributed by atoms with Gasteiger partial charge in [0.1, 0.15) is 0 Å². The van der Waals surface area contributed by atoms with Crippen LogP contribution in [0.5, 0.6) is 11.5 Å². The van der Waals surface area contributed by atoms with Crippen LogP contribution < -0.4 is 9.47 Å². The van der Waals surface area contributed by atoms with E-state index in [0.717, 1.165) is 11.1 Å². The van der Waals surface area contributed by atoms with E-state index in [1.807, 2.05) is 19.1 Å². The molecule has 0 aromatic heterocycles. The lowest BCUT2D eigenvalue weighted by Gasteiger charge is -2.35. The molecule has 1 aromatic carbocycles. The highest BCUT2D eigenvalue weighted by Crippen LogP contribution is 2.53. The van der Waals surface area contributed by atoms with E-state index in [-0.39, 0.29) is 12.5 Å². The fourth-order valence-electron chi connectivity index (χ4n) is 3.79. The van der Waals surface area contributed by atoms with Crippen molar-refractivity contribution in [3.05, 3.63) is 23.3 Å². The maximum absolute atomic E-state index is 12.3. The zero-order chi connectivity index (χ0) is 16.8. The normalized spacial score (nSPS) is 32.0. The second-order valence-corrected chi connectivity index (χ2v) is 6.08. The van der Waals surface area contributed by atoms with E-state index in [1.54, 1.807) is 21.1 Å². The maximum atomic E-state index is 12.3. The number of carbonyl (C=O) groups excluding carboxylic acids is 1. The van der Waals surface area contributed by atoms with E-state index in [1.165, 1.54) is 0 Å². The molecule has 3 rings (SSSR count). The van der Waals surface area contributed by atoms with Gasteiger partial charge in [-0.15, -0.1) is 0 Å². The third-order valence-corrected chi connectivity index (χ3v) is 4.76. The average Bonchev–Trinajstić information content (AvgIpc) is 2.78. The summed E-state index contributed by atoms with van der Waals surface area (Å²) >= 11 is 0. The molecule has 1 aliphatic heterocycles. The van der Waals surface area contributed by atoms with Crippen molar-refractivity contribution >= 4 is 5.97 Å². The molecule has 1 aliphatic carbocycles. The fraction of sp³-hybridized carbons (Fsp3) is 0.588. The summed E-state index contributed by atoms with van der Waals surface area (Å²) < 4.78 is 21.3. The number of rotatable bonds is 4. The third-order valence-electron chi connectivity index (χ3n) is 4.76. The topological polar surface area (TPSA) is 74.2 Å². The van der Waals surface area contributed by atoms with E-state index in [4.69, 9.17) is 18.9 Å². The summed E-state index contributed by atoms with van der Waals surface area (Å²) in [7, 11) is 3.14. The Morgan fingerprint density at radius 1 is 1.30 bits per heavy atom. The predicted octanol–water partition coefficient (Wildman–Crippen LogP) is 1.84. The first-order valence-electron chi connectivity index (χ1n) is 7.79. The van der Waals surface area contributed by atoms with Gasteiger partial charge in [0.2, 0.25) is 0 Å². The highest BCUT2D eigenvalue weighted by Gasteiger charge is 2.60. The molecule has 6 nitrogen and oxygen atoms in total. The number of hydrogen-bond donors (Lipinski definition) is 1. The average molecular weight is 322 g/mol. The molecule has 1 N–H and O–H groups in total. The molecule has 23 heavy (non-hydrogen) atoms. The number of aliphatic hydroxyl groups is 1. The lowest BCUT2D eigenvalue weighted by Crippen LogP contribution is -2.41. The molecule has 126 valence electrons. The van der Waals surface area contributed by atoms with E-state index in [9.17, 15) is 9.90 Å². The lowest BCUT2D eigenvalue weighted by atomic mass is 9.69. The Morgan fingerprint density at radius 2 is 1.96 bits per heavy atom. The molecular formula is C17H22O6. The van der Waals surface area contributed by atoms with Crippen LogP contribution in [0.2, 0.25) is 0 Å². The van der Waals surface area contributed by atoms with E-state index < -0.39 is 23.8 Å². The van der Waals surface area contributed by atoms with Crippen LogP contribution in [0.15, 0.2) is 12.1 Å². The van der Waals surface area contributed by atoms with Crippen molar-refractivity contribution in [2.45, 2.75) is 32.2 Å². The first-order chi connectivity index (χ1) is 10.9. The number of benzene rings is 1. The van der Waals surface area contributed by atoms with Crippen LogP contribution in [0, 0.1) is 11.8 Å². The third kappa shape index (κ3) is 2.37. The molecule has 0 saturated carbocycles. The van der Waals surface area contributed by atoms with Crippen LogP contribution in [0.1, 0.15) is 30.9 Å². The lowest BCUT2D eigenvalue weighted by molar-refractivity contribution is -0.334. The summed E-state index contributed by atoms with van der Waals surface area (Å²) in [5, 5.41) is 10.8. The SMILES string of the molecule is CCO[C@]1(O)OC(=O)[C@H]2[C@@H](C)Cc3cc(OC)c(OC)cc3[C@@H]21. The molecule has 6 heteroatoms. The second-order valence-electron chi connectivity index (χ2n) is 6.08. The smallest absolute Gasteiger partial charge is 0.334 e. The molecular weight excluding hydrogens is 300 g/mol. The molecule has 0 spiro atoms. The zero-order valence-electron chi connectivity index (χ0n) is 13.8. The predicted molar refractivity (Wildman–Crippen MR) is 81.3 cm³/mol. The molecule has 0 amide bonds. The molecule has 1 fully saturated rings. The van der Waals surface area contributed by atoms with E-state index in [2.05, 4.69) is 0 Å². The van der Waals surface area contributed by atoms with Gasteiger partial charge in [0, 0.05) is 0 Å². The number of hydrogen-bond acceptors (Lipinski definition) is 6. The number of esters is 1. The summed E-state index contributed by atoms with van der Waals surface area (Å²) in [6.45, 7) is 3.97. The van der Waals surface area contributed by atoms with Crippen LogP contribution in [0.3, 0.4) is 0 Å². The van der Waals surface area contributed by atoms with Crippen molar-refractivity contribution in [3.63, 3.8) is 0 Å². The summed E-state index contributed by atoms with van der Waals surface area (Å²) in [6, 6.07) is 3.71. The summed E-state index contributed by atoms with van der Waals surface area (Å²) in [5.41, 5.74) is 1.82. The van der Waals surface area contributed by atoms with Crippen molar-refractivity contribution in [1.82, 2.24) is 0 Å². The van der Waals surface area contributed by atoms with Crippen LogP contribution in [0.4, 0.5) is 0 Å². The van der Waals surface area contributed by atoms with Gasteiger partial charge in [-0.05, 0) is 42.5 Å². The Hall–Kier alpha value is -1.79. The number of cyclic esters (lactones) is 1. The molecule has 1 saturated heterocycles. The maximum Gasteiger partial charge on any atom is 0.334 e. The van der Waals surface area contributed by atoms with Gasteiger partial charge in [0.15, 0.2) is 11.5 Å². The molecule has 1 heterocycles. The van der Waals surface area contributed by atoms with Crippen LogP contribution >= 0.6 is 0 Å². The molecule has 0 radical (unpaired) electrons. The molecule has 0 bridgehead atoms. The largest absolute Gasteiger partial charge is 0.493 e. The van der Waals surface area contributed by atoms with Gasteiger partial charge in [0.25, 0.3) is 0 Å². The number of ether oxygens (including phenoxy) is 4. The fourth-order valence-corrected chi connectivity index (χ4v) is 3.79. The van der Waals surface area contributed by atoms with Crippen LogP contribution in [-0.4, -0.2) is 37.9 Å². The number of fused-ring (bicyclic) bond motifs is 3. The Bertz CT molecular complexity index is 628.